The van der Waals surface area contributed by atoms with E-state index in [0.29, 0.717) is 5.75 Å². The molecule has 116 valence electrons. The van der Waals surface area contributed by atoms with Crippen molar-refractivity contribution in [1.82, 2.24) is 0 Å². The molecule has 0 bridgehead atoms. The fraction of sp³-hybridized carbons (Fsp3) is 0.500. The molecule has 0 saturated carbocycles. The van der Waals surface area contributed by atoms with Gasteiger partial charge in [0.25, 0.3) is 0 Å². The SMILES string of the molecule is CCOC(=O)C(C)(C)C(=O)C(Br)Oc1ccc(C)c(C)c1. The zero-order valence-corrected chi connectivity index (χ0v) is 14.6. The maximum atomic E-state index is 12.4. The Balaban J connectivity index is 2.82. The number of hydrogen-bond acceptors (Lipinski definition) is 4. The molecule has 0 saturated heterocycles. The summed E-state index contributed by atoms with van der Waals surface area (Å²) in [6.07, 6.45) is 0. The molecule has 0 spiro atoms. The van der Waals surface area contributed by atoms with Crippen molar-refractivity contribution in [2.45, 2.75) is 39.6 Å². The Labute approximate surface area is 133 Å². The quantitative estimate of drug-likeness (QED) is 0.444. The Morgan fingerprint density at radius 2 is 1.86 bits per heavy atom. The van der Waals surface area contributed by atoms with E-state index in [1.165, 1.54) is 13.8 Å². The van der Waals surface area contributed by atoms with E-state index in [1.807, 2.05) is 26.0 Å². The van der Waals surface area contributed by atoms with Crippen LogP contribution < -0.4 is 4.74 Å². The van der Waals surface area contributed by atoms with Crippen molar-refractivity contribution < 1.29 is 19.1 Å². The Morgan fingerprint density at radius 1 is 1.24 bits per heavy atom. The summed E-state index contributed by atoms with van der Waals surface area (Å²) < 4.78 is 10.5. The van der Waals surface area contributed by atoms with Crippen LogP contribution in [0.4, 0.5) is 0 Å². The molecule has 0 heterocycles. The molecular formula is C16H21BrO4. The first-order valence-corrected chi connectivity index (χ1v) is 7.71. The number of benzene rings is 1. The summed E-state index contributed by atoms with van der Waals surface area (Å²) in [6, 6.07) is 5.57. The Hall–Kier alpha value is -1.36. The number of halogens is 1. The highest BCUT2D eigenvalue weighted by Gasteiger charge is 2.41. The topological polar surface area (TPSA) is 52.6 Å². The molecule has 1 aromatic rings. The van der Waals surface area contributed by atoms with Crippen molar-refractivity contribution in [3.05, 3.63) is 29.3 Å². The van der Waals surface area contributed by atoms with Gasteiger partial charge >= 0.3 is 5.97 Å². The van der Waals surface area contributed by atoms with E-state index in [-0.39, 0.29) is 12.4 Å². The first kappa shape index (κ1) is 17.7. The number of ether oxygens (including phenoxy) is 2. The third kappa shape index (κ3) is 4.30. The van der Waals surface area contributed by atoms with Crippen molar-refractivity contribution in [1.29, 1.82) is 0 Å². The highest BCUT2D eigenvalue weighted by Crippen LogP contribution is 2.26. The molecule has 1 atom stereocenters. The van der Waals surface area contributed by atoms with Gasteiger partial charge in [-0.1, -0.05) is 6.07 Å². The van der Waals surface area contributed by atoms with Gasteiger partial charge in [0.1, 0.15) is 11.2 Å². The second-order valence-corrected chi connectivity index (χ2v) is 6.22. The molecule has 0 aliphatic heterocycles. The lowest BCUT2D eigenvalue weighted by molar-refractivity contribution is -0.158. The number of hydrogen-bond donors (Lipinski definition) is 0. The molecular weight excluding hydrogens is 336 g/mol. The van der Waals surface area contributed by atoms with Gasteiger partial charge in [0.15, 0.2) is 0 Å². The Morgan fingerprint density at radius 3 is 2.38 bits per heavy atom. The molecule has 5 heteroatoms. The van der Waals surface area contributed by atoms with Crippen molar-refractivity contribution in [2.75, 3.05) is 6.61 Å². The van der Waals surface area contributed by atoms with Crippen molar-refractivity contribution in [3.8, 4) is 5.75 Å². The lowest BCUT2D eigenvalue weighted by Gasteiger charge is -2.24. The number of aryl methyl sites for hydroxylation is 2. The van der Waals surface area contributed by atoms with Crippen LogP contribution in [0.2, 0.25) is 0 Å². The number of carbonyl (C=O) groups excluding carboxylic acids is 2. The van der Waals surface area contributed by atoms with Gasteiger partial charge in [-0.2, -0.15) is 0 Å². The van der Waals surface area contributed by atoms with Gasteiger partial charge in [-0.05, 0) is 73.8 Å². The molecule has 0 amide bonds. The lowest BCUT2D eigenvalue weighted by Crippen LogP contribution is -2.41. The largest absolute Gasteiger partial charge is 0.471 e. The Bertz CT molecular complexity index is 537. The van der Waals surface area contributed by atoms with Gasteiger partial charge in [0.2, 0.25) is 10.8 Å². The predicted octanol–water partition coefficient (Wildman–Crippen LogP) is 3.56. The Kier molecular flexibility index (Phi) is 5.96. The van der Waals surface area contributed by atoms with Crippen molar-refractivity contribution in [2.24, 2.45) is 5.41 Å². The van der Waals surface area contributed by atoms with Crippen molar-refractivity contribution in [3.63, 3.8) is 0 Å². The molecule has 1 unspecified atom stereocenters. The third-order valence-electron chi connectivity index (χ3n) is 3.33. The zero-order valence-electron chi connectivity index (χ0n) is 13.0. The number of ketones is 1. The summed E-state index contributed by atoms with van der Waals surface area (Å²) in [5.41, 5.74) is 0.958. The maximum Gasteiger partial charge on any atom is 0.319 e. The van der Waals surface area contributed by atoms with Crippen molar-refractivity contribution >= 4 is 27.7 Å². The molecule has 21 heavy (non-hydrogen) atoms. The lowest BCUT2D eigenvalue weighted by atomic mass is 9.88. The van der Waals surface area contributed by atoms with E-state index < -0.39 is 16.4 Å². The fourth-order valence-electron chi connectivity index (χ4n) is 1.66. The molecule has 0 aromatic heterocycles. The van der Waals surface area contributed by atoms with E-state index in [1.54, 1.807) is 13.0 Å². The molecule has 0 radical (unpaired) electrons. The van der Waals surface area contributed by atoms with Crippen LogP contribution in [0.3, 0.4) is 0 Å². The van der Waals surface area contributed by atoms with Crippen LogP contribution in [-0.4, -0.2) is 23.4 Å². The average Bonchev–Trinajstić information content (AvgIpc) is 2.42. The fourth-order valence-corrected chi connectivity index (χ4v) is 2.44. The predicted molar refractivity (Wildman–Crippen MR) is 84.7 cm³/mol. The van der Waals surface area contributed by atoms with E-state index in [4.69, 9.17) is 9.47 Å². The minimum absolute atomic E-state index is 0.237. The average molecular weight is 357 g/mol. The molecule has 1 aromatic carbocycles. The second-order valence-electron chi connectivity index (χ2n) is 5.39. The normalized spacial score (nSPS) is 12.7. The van der Waals surface area contributed by atoms with Crippen LogP contribution >= 0.6 is 15.9 Å². The molecule has 4 nitrogen and oxygen atoms in total. The third-order valence-corrected chi connectivity index (χ3v) is 3.93. The number of alkyl halides is 1. The monoisotopic (exact) mass is 356 g/mol. The van der Waals surface area contributed by atoms with Gasteiger partial charge in [0.05, 0.1) is 6.61 Å². The van der Waals surface area contributed by atoms with Crippen LogP contribution in [0, 0.1) is 19.3 Å². The minimum atomic E-state index is -1.26. The number of rotatable bonds is 6. The van der Waals surface area contributed by atoms with E-state index in [2.05, 4.69) is 15.9 Å². The number of esters is 1. The van der Waals surface area contributed by atoms with E-state index in [9.17, 15) is 9.59 Å². The van der Waals surface area contributed by atoms with E-state index >= 15 is 0 Å². The van der Waals surface area contributed by atoms with Crippen LogP contribution in [0.1, 0.15) is 31.9 Å². The van der Waals surface area contributed by atoms with Gasteiger partial charge < -0.3 is 9.47 Å². The van der Waals surface area contributed by atoms with Crippen LogP contribution in [0.15, 0.2) is 18.2 Å². The first-order valence-electron chi connectivity index (χ1n) is 6.79. The molecule has 0 aliphatic carbocycles. The van der Waals surface area contributed by atoms with Gasteiger partial charge in [0, 0.05) is 0 Å². The standard InChI is InChI=1S/C16H21BrO4/c1-6-20-15(19)16(4,5)13(18)14(17)21-12-8-7-10(2)11(3)9-12/h7-9,14H,6H2,1-5H3. The summed E-state index contributed by atoms with van der Waals surface area (Å²) in [4.78, 5) is 24.2. The van der Waals surface area contributed by atoms with Gasteiger partial charge in [-0.25, -0.2) is 0 Å². The molecule has 0 aliphatic rings. The zero-order chi connectivity index (χ0) is 16.2. The molecule has 0 N–H and O–H groups in total. The molecule has 0 fully saturated rings. The highest BCUT2D eigenvalue weighted by molar-refractivity contribution is 9.09. The molecule has 1 rings (SSSR count). The number of Topliss-reactive ketones (excluding diaryl/α,β-unsaturated/α-hetero) is 1. The first-order chi connectivity index (χ1) is 9.70. The van der Waals surface area contributed by atoms with E-state index in [0.717, 1.165) is 11.1 Å². The van der Waals surface area contributed by atoms with Crippen LogP contribution in [-0.2, 0) is 14.3 Å². The van der Waals surface area contributed by atoms with Gasteiger partial charge in [-0.15, -0.1) is 0 Å². The summed E-state index contributed by atoms with van der Waals surface area (Å²) in [5, 5.41) is -0.904. The summed E-state index contributed by atoms with van der Waals surface area (Å²) in [7, 11) is 0. The second kappa shape index (κ2) is 7.07. The highest BCUT2D eigenvalue weighted by atomic mass is 79.9. The summed E-state index contributed by atoms with van der Waals surface area (Å²) >= 11 is 3.20. The number of carbonyl (C=O) groups is 2. The summed E-state index contributed by atoms with van der Waals surface area (Å²) in [6.45, 7) is 8.97. The van der Waals surface area contributed by atoms with Crippen LogP contribution in [0.5, 0.6) is 5.75 Å². The van der Waals surface area contributed by atoms with Crippen LogP contribution in [0.25, 0.3) is 0 Å². The maximum absolute atomic E-state index is 12.4. The van der Waals surface area contributed by atoms with Gasteiger partial charge in [-0.3, -0.25) is 9.59 Å². The summed E-state index contributed by atoms with van der Waals surface area (Å²) in [5.74, 6) is -0.352. The minimum Gasteiger partial charge on any atom is -0.471 e. The smallest absolute Gasteiger partial charge is 0.319 e.